The van der Waals surface area contributed by atoms with Crippen molar-refractivity contribution >= 4 is 38.0 Å². The Labute approximate surface area is 159 Å². The topological polar surface area (TPSA) is 26.0 Å². The molecule has 5 rings (SSSR count). The van der Waals surface area contributed by atoms with E-state index >= 15 is 0 Å². The smallest absolute Gasteiger partial charge is 0.0394 e. The Kier molecular flexibility index (Phi) is 3.27. The van der Waals surface area contributed by atoms with E-state index in [1.807, 2.05) is 6.07 Å². The summed E-state index contributed by atoms with van der Waals surface area (Å²) in [7, 11) is 0. The third kappa shape index (κ3) is 2.39. The molecular weight excluding hydrogens is 326 g/mol. The SMILES string of the molecule is CC(C)(C)c1ccc(N)c(-c2ccc3ccc4cccc5ccc2c3c45)c1. The van der Waals surface area contributed by atoms with Crippen molar-refractivity contribution in [2.24, 2.45) is 0 Å². The van der Waals surface area contributed by atoms with Gasteiger partial charge in [-0.3, -0.25) is 0 Å². The van der Waals surface area contributed by atoms with E-state index in [9.17, 15) is 0 Å². The summed E-state index contributed by atoms with van der Waals surface area (Å²) < 4.78 is 0. The van der Waals surface area contributed by atoms with Crippen molar-refractivity contribution in [2.75, 3.05) is 5.73 Å². The summed E-state index contributed by atoms with van der Waals surface area (Å²) in [5.41, 5.74) is 11.0. The third-order valence-electron chi connectivity index (χ3n) is 5.74. The molecule has 0 bridgehead atoms. The van der Waals surface area contributed by atoms with Gasteiger partial charge in [-0.25, -0.2) is 0 Å². The highest BCUT2D eigenvalue weighted by Gasteiger charge is 2.17. The largest absolute Gasteiger partial charge is 0.398 e. The Morgan fingerprint density at radius 2 is 1.26 bits per heavy atom. The molecule has 0 aliphatic carbocycles. The van der Waals surface area contributed by atoms with Gasteiger partial charge in [0.2, 0.25) is 0 Å². The third-order valence-corrected chi connectivity index (χ3v) is 5.74. The molecule has 2 N–H and O–H groups in total. The Morgan fingerprint density at radius 3 is 1.96 bits per heavy atom. The average molecular weight is 349 g/mol. The van der Waals surface area contributed by atoms with Crippen LogP contribution in [0, 0.1) is 0 Å². The van der Waals surface area contributed by atoms with Gasteiger partial charge in [-0.15, -0.1) is 0 Å². The zero-order valence-corrected chi connectivity index (χ0v) is 16.0. The van der Waals surface area contributed by atoms with Crippen molar-refractivity contribution < 1.29 is 0 Å². The fraction of sp³-hybridized carbons (Fsp3) is 0.154. The van der Waals surface area contributed by atoms with Gasteiger partial charge in [-0.05, 0) is 61.0 Å². The monoisotopic (exact) mass is 349 g/mol. The molecule has 0 spiro atoms. The Balaban J connectivity index is 1.90. The fourth-order valence-corrected chi connectivity index (χ4v) is 4.23. The number of nitrogen functional groups attached to an aromatic ring is 1. The van der Waals surface area contributed by atoms with Gasteiger partial charge in [0, 0.05) is 11.3 Å². The van der Waals surface area contributed by atoms with Gasteiger partial charge in [0.1, 0.15) is 0 Å². The molecule has 0 radical (unpaired) electrons. The zero-order chi connectivity index (χ0) is 18.8. The second-order valence-corrected chi connectivity index (χ2v) is 8.52. The minimum absolute atomic E-state index is 0.0895. The van der Waals surface area contributed by atoms with Gasteiger partial charge in [-0.2, -0.15) is 0 Å². The maximum absolute atomic E-state index is 6.44. The number of rotatable bonds is 1. The van der Waals surface area contributed by atoms with Gasteiger partial charge < -0.3 is 5.73 Å². The van der Waals surface area contributed by atoms with Crippen LogP contribution in [0.3, 0.4) is 0 Å². The number of hydrogen-bond donors (Lipinski definition) is 1. The highest BCUT2D eigenvalue weighted by atomic mass is 14.6. The first kappa shape index (κ1) is 16.1. The molecule has 1 heteroatoms. The number of nitrogens with two attached hydrogens (primary N) is 1. The second kappa shape index (κ2) is 5.47. The number of benzene rings is 5. The van der Waals surface area contributed by atoms with Crippen molar-refractivity contribution in [3.05, 3.63) is 78.4 Å². The van der Waals surface area contributed by atoms with Crippen molar-refractivity contribution in [1.82, 2.24) is 0 Å². The van der Waals surface area contributed by atoms with Crippen molar-refractivity contribution in [2.45, 2.75) is 26.2 Å². The highest BCUT2D eigenvalue weighted by Crippen LogP contribution is 2.41. The van der Waals surface area contributed by atoms with Crippen LogP contribution in [-0.2, 0) is 5.41 Å². The summed E-state index contributed by atoms with van der Waals surface area (Å²) in [6.07, 6.45) is 0. The highest BCUT2D eigenvalue weighted by molar-refractivity contribution is 6.25. The summed E-state index contributed by atoms with van der Waals surface area (Å²) >= 11 is 0. The molecule has 0 fully saturated rings. The van der Waals surface area contributed by atoms with Crippen molar-refractivity contribution in [1.29, 1.82) is 0 Å². The van der Waals surface area contributed by atoms with Crippen LogP contribution in [0.2, 0.25) is 0 Å². The van der Waals surface area contributed by atoms with E-state index in [2.05, 4.69) is 87.5 Å². The lowest BCUT2D eigenvalue weighted by molar-refractivity contribution is 0.590. The summed E-state index contributed by atoms with van der Waals surface area (Å²) in [5.74, 6) is 0. The molecule has 0 unspecified atom stereocenters. The summed E-state index contributed by atoms with van der Waals surface area (Å²) in [5, 5.41) is 7.82. The normalized spacial score (nSPS) is 12.4. The van der Waals surface area contributed by atoms with Gasteiger partial charge in [0.25, 0.3) is 0 Å². The molecule has 0 amide bonds. The van der Waals surface area contributed by atoms with Gasteiger partial charge in [0.15, 0.2) is 0 Å². The van der Waals surface area contributed by atoms with Gasteiger partial charge in [0.05, 0.1) is 0 Å². The Hall–Kier alpha value is -3.06. The van der Waals surface area contributed by atoms with E-state index < -0.39 is 0 Å². The van der Waals surface area contributed by atoms with Crippen LogP contribution in [0.15, 0.2) is 72.8 Å². The van der Waals surface area contributed by atoms with E-state index in [0.29, 0.717) is 0 Å². The molecule has 0 aromatic heterocycles. The standard InChI is InChI=1S/C26H23N/c1-26(2,3)19-11-14-23(27)22(15-19)20-12-9-18-8-7-16-5-4-6-17-10-13-21(20)25(18)24(16)17/h4-15H,27H2,1-3H3. The number of anilines is 1. The van der Waals surface area contributed by atoms with Crippen LogP contribution in [0.25, 0.3) is 43.4 Å². The van der Waals surface area contributed by atoms with Gasteiger partial charge >= 0.3 is 0 Å². The summed E-state index contributed by atoms with van der Waals surface area (Å²) in [4.78, 5) is 0. The molecule has 0 aliphatic heterocycles. The van der Waals surface area contributed by atoms with E-state index in [0.717, 1.165) is 11.3 Å². The predicted octanol–water partition coefficient (Wildman–Crippen LogP) is 7.13. The van der Waals surface area contributed by atoms with Crippen molar-refractivity contribution in [3.63, 3.8) is 0 Å². The van der Waals surface area contributed by atoms with E-state index in [1.165, 1.54) is 43.4 Å². The predicted molar refractivity (Wildman–Crippen MR) is 119 cm³/mol. The minimum Gasteiger partial charge on any atom is -0.398 e. The fourth-order valence-electron chi connectivity index (χ4n) is 4.23. The maximum Gasteiger partial charge on any atom is 0.0394 e. The molecule has 5 aromatic rings. The lowest BCUT2D eigenvalue weighted by Gasteiger charge is -2.21. The number of hydrogen-bond acceptors (Lipinski definition) is 1. The molecule has 27 heavy (non-hydrogen) atoms. The van der Waals surface area contributed by atoms with Gasteiger partial charge in [-0.1, -0.05) is 81.4 Å². The molecule has 0 saturated heterocycles. The zero-order valence-electron chi connectivity index (χ0n) is 16.0. The molecule has 1 nitrogen and oxygen atoms in total. The maximum atomic E-state index is 6.44. The molecule has 132 valence electrons. The molecule has 0 aliphatic rings. The Morgan fingerprint density at radius 1 is 0.630 bits per heavy atom. The summed E-state index contributed by atoms with van der Waals surface area (Å²) in [6, 6.07) is 26.4. The quantitative estimate of drug-likeness (QED) is 0.253. The van der Waals surface area contributed by atoms with Crippen LogP contribution in [0.4, 0.5) is 5.69 Å². The molecule has 0 heterocycles. The van der Waals surface area contributed by atoms with Crippen LogP contribution in [-0.4, -0.2) is 0 Å². The van der Waals surface area contributed by atoms with Crippen LogP contribution >= 0.6 is 0 Å². The molecular formula is C26H23N. The Bertz CT molecular complexity index is 1290. The summed E-state index contributed by atoms with van der Waals surface area (Å²) in [6.45, 7) is 6.73. The van der Waals surface area contributed by atoms with Crippen LogP contribution < -0.4 is 5.73 Å². The lowest BCUT2D eigenvalue weighted by Crippen LogP contribution is -2.11. The van der Waals surface area contributed by atoms with E-state index in [4.69, 9.17) is 5.73 Å². The first-order chi connectivity index (χ1) is 12.9. The minimum atomic E-state index is 0.0895. The molecule has 5 aromatic carbocycles. The van der Waals surface area contributed by atoms with E-state index in [1.54, 1.807) is 0 Å². The first-order valence-electron chi connectivity index (χ1n) is 9.50. The van der Waals surface area contributed by atoms with Crippen molar-refractivity contribution in [3.8, 4) is 11.1 Å². The van der Waals surface area contributed by atoms with Crippen LogP contribution in [0.5, 0.6) is 0 Å². The van der Waals surface area contributed by atoms with E-state index in [-0.39, 0.29) is 5.41 Å². The van der Waals surface area contributed by atoms with Crippen LogP contribution in [0.1, 0.15) is 26.3 Å². The molecule has 0 saturated carbocycles. The molecule has 0 atom stereocenters. The average Bonchev–Trinajstić information content (AvgIpc) is 2.66. The first-order valence-corrected chi connectivity index (χ1v) is 9.50. The second-order valence-electron chi connectivity index (χ2n) is 8.52. The lowest BCUT2D eigenvalue weighted by atomic mass is 9.83.